The second kappa shape index (κ2) is 8.52. The van der Waals surface area contributed by atoms with Crippen molar-refractivity contribution in [2.75, 3.05) is 13.1 Å². The highest BCUT2D eigenvalue weighted by Gasteiger charge is 2.32. The van der Waals surface area contributed by atoms with E-state index in [9.17, 15) is 18.0 Å². The molecule has 0 aliphatic carbocycles. The van der Waals surface area contributed by atoms with Gasteiger partial charge in [0.05, 0.1) is 16.2 Å². The van der Waals surface area contributed by atoms with Gasteiger partial charge in [0, 0.05) is 30.7 Å². The maximum absolute atomic E-state index is 13.1. The van der Waals surface area contributed by atoms with E-state index in [0.29, 0.717) is 23.7 Å². The van der Waals surface area contributed by atoms with Gasteiger partial charge in [0.1, 0.15) is 6.61 Å². The number of aromatic nitrogens is 2. The third-order valence-electron chi connectivity index (χ3n) is 5.25. The Morgan fingerprint density at radius 3 is 2.71 bits per heavy atom. The topological polar surface area (TPSA) is 98.0 Å². The van der Waals surface area contributed by atoms with Crippen LogP contribution in [0.25, 0.3) is 4.96 Å². The van der Waals surface area contributed by atoms with Gasteiger partial charge < -0.3 is 4.74 Å². The highest BCUT2D eigenvalue weighted by Crippen LogP contribution is 2.27. The van der Waals surface area contributed by atoms with Crippen LogP contribution in [0.1, 0.15) is 36.3 Å². The molecule has 3 aromatic rings. The average molecular weight is 462 g/mol. The van der Waals surface area contributed by atoms with Crippen LogP contribution in [-0.4, -0.2) is 41.2 Å². The minimum Gasteiger partial charge on any atom is -0.456 e. The monoisotopic (exact) mass is 461 g/mol. The van der Waals surface area contributed by atoms with Gasteiger partial charge in [-0.2, -0.15) is 4.31 Å². The van der Waals surface area contributed by atoms with Crippen molar-refractivity contribution in [3.05, 3.63) is 63.5 Å². The molecule has 8 nitrogen and oxygen atoms in total. The Morgan fingerprint density at radius 2 is 1.97 bits per heavy atom. The van der Waals surface area contributed by atoms with E-state index in [2.05, 4.69) is 4.98 Å². The Labute approximate surface area is 184 Å². The van der Waals surface area contributed by atoms with Crippen molar-refractivity contribution in [1.82, 2.24) is 13.7 Å². The minimum absolute atomic E-state index is 0.0691. The number of ether oxygens (including phenoxy) is 1. The largest absolute Gasteiger partial charge is 0.456 e. The first-order valence-corrected chi connectivity index (χ1v) is 12.3. The molecule has 31 heavy (non-hydrogen) atoms. The van der Waals surface area contributed by atoms with E-state index in [-0.39, 0.29) is 34.5 Å². The summed E-state index contributed by atoms with van der Waals surface area (Å²) in [6.07, 6.45) is 2.62. The number of hydrogen-bond donors (Lipinski definition) is 0. The molecule has 3 heterocycles. The SMILES string of the molecule is CC1CC(C)CN(S(=O)(=O)c2cccc(C(=O)OCc3cc(=O)n4ccsc4n3)c2)C1. The summed E-state index contributed by atoms with van der Waals surface area (Å²) in [5.74, 6) is -0.113. The maximum Gasteiger partial charge on any atom is 0.338 e. The Balaban J connectivity index is 1.50. The van der Waals surface area contributed by atoms with Gasteiger partial charge in [0.15, 0.2) is 4.96 Å². The first-order valence-electron chi connectivity index (χ1n) is 9.97. The van der Waals surface area contributed by atoms with Crippen molar-refractivity contribution in [1.29, 1.82) is 0 Å². The van der Waals surface area contributed by atoms with Crippen LogP contribution in [0.3, 0.4) is 0 Å². The Hall–Kier alpha value is -2.56. The van der Waals surface area contributed by atoms with E-state index >= 15 is 0 Å². The summed E-state index contributed by atoms with van der Waals surface area (Å²) >= 11 is 1.30. The number of rotatable bonds is 5. The summed E-state index contributed by atoms with van der Waals surface area (Å²) in [7, 11) is -3.70. The van der Waals surface area contributed by atoms with Crippen molar-refractivity contribution in [2.24, 2.45) is 11.8 Å². The van der Waals surface area contributed by atoms with E-state index < -0.39 is 16.0 Å². The molecule has 1 aromatic carbocycles. The molecule has 1 fully saturated rings. The Morgan fingerprint density at radius 1 is 1.23 bits per heavy atom. The van der Waals surface area contributed by atoms with Gasteiger partial charge in [-0.1, -0.05) is 19.9 Å². The van der Waals surface area contributed by atoms with Crippen molar-refractivity contribution in [3.63, 3.8) is 0 Å². The molecule has 2 atom stereocenters. The lowest BCUT2D eigenvalue weighted by molar-refractivity contribution is 0.0467. The smallest absolute Gasteiger partial charge is 0.338 e. The molecule has 10 heteroatoms. The number of fused-ring (bicyclic) bond motifs is 1. The number of sulfonamides is 1. The molecule has 0 amide bonds. The highest BCUT2D eigenvalue weighted by molar-refractivity contribution is 7.89. The van der Waals surface area contributed by atoms with Crippen LogP contribution in [-0.2, 0) is 21.4 Å². The number of esters is 1. The molecule has 4 rings (SSSR count). The number of nitrogens with zero attached hydrogens (tertiary/aromatic N) is 3. The van der Waals surface area contributed by atoms with Gasteiger partial charge in [0.2, 0.25) is 10.0 Å². The first kappa shape index (κ1) is 21.7. The predicted molar refractivity (Wildman–Crippen MR) is 117 cm³/mol. The molecule has 0 N–H and O–H groups in total. The molecule has 1 aliphatic rings. The lowest BCUT2D eigenvalue weighted by Gasteiger charge is -2.34. The average Bonchev–Trinajstić information content (AvgIpc) is 3.21. The maximum atomic E-state index is 13.1. The van der Waals surface area contributed by atoms with Gasteiger partial charge in [-0.15, -0.1) is 11.3 Å². The van der Waals surface area contributed by atoms with Crippen LogP contribution in [0.4, 0.5) is 0 Å². The highest BCUT2D eigenvalue weighted by atomic mass is 32.2. The number of hydrogen-bond acceptors (Lipinski definition) is 7. The zero-order valence-corrected chi connectivity index (χ0v) is 18.9. The molecule has 164 valence electrons. The van der Waals surface area contributed by atoms with Crippen molar-refractivity contribution < 1.29 is 17.9 Å². The molecule has 0 bridgehead atoms. The van der Waals surface area contributed by atoms with E-state index in [1.165, 1.54) is 50.4 Å². The van der Waals surface area contributed by atoms with Crippen molar-refractivity contribution in [3.8, 4) is 0 Å². The molecule has 0 saturated carbocycles. The van der Waals surface area contributed by atoms with E-state index in [0.717, 1.165) is 6.42 Å². The van der Waals surface area contributed by atoms with E-state index in [4.69, 9.17) is 4.74 Å². The predicted octanol–water partition coefficient (Wildman–Crippen LogP) is 2.78. The second-order valence-corrected chi connectivity index (χ2v) is 10.8. The normalized spacial score (nSPS) is 20.1. The zero-order valence-electron chi connectivity index (χ0n) is 17.2. The Bertz CT molecular complexity index is 1270. The summed E-state index contributed by atoms with van der Waals surface area (Å²) in [4.78, 5) is 29.5. The first-order chi connectivity index (χ1) is 14.7. The van der Waals surface area contributed by atoms with Gasteiger partial charge in [0.25, 0.3) is 5.56 Å². The molecular formula is C21H23N3O5S2. The molecule has 1 aliphatic heterocycles. The molecular weight excluding hydrogens is 438 g/mol. The van der Waals surface area contributed by atoms with Crippen molar-refractivity contribution in [2.45, 2.75) is 31.8 Å². The van der Waals surface area contributed by atoms with E-state index in [1.54, 1.807) is 11.6 Å². The van der Waals surface area contributed by atoms with Gasteiger partial charge in [-0.3, -0.25) is 9.20 Å². The number of piperidine rings is 1. The lowest BCUT2D eigenvalue weighted by Crippen LogP contribution is -2.42. The van der Waals surface area contributed by atoms with Crippen LogP contribution in [0, 0.1) is 11.8 Å². The fourth-order valence-corrected chi connectivity index (χ4v) is 6.38. The van der Waals surface area contributed by atoms with Gasteiger partial charge in [-0.05, 0) is 36.5 Å². The standard InChI is InChI=1S/C21H23N3O5S2/c1-14-8-15(2)12-23(11-14)31(27,28)18-5-3-4-16(9-18)20(26)29-13-17-10-19(25)24-6-7-30-21(24)22-17/h3-7,9-10,14-15H,8,11-13H2,1-2H3. The number of benzene rings is 1. The van der Waals surface area contributed by atoms with Crippen LogP contribution in [0.2, 0.25) is 0 Å². The third kappa shape index (κ3) is 4.56. The number of thiazole rings is 1. The number of carbonyl (C=O) groups is 1. The Kier molecular flexibility index (Phi) is 5.96. The second-order valence-electron chi connectivity index (χ2n) is 8.01. The van der Waals surface area contributed by atoms with Crippen LogP contribution >= 0.6 is 11.3 Å². The summed E-state index contributed by atoms with van der Waals surface area (Å²) in [5.41, 5.74) is 0.212. The van der Waals surface area contributed by atoms with Crippen molar-refractivity contribution >= 4 is 32.3 Å². The van der Waals surface area contributed by atoms with Crippen LogP contribution < -0.4 is 5.56 Å². The molecule has 0 spiro atoms. The summed E-state index contributed by atoms with van der Waals surface area (Å²) in [5, 5.41) is 1.75. The third-order valence-corrected chi connectivity index (χ3v) is 7.83. The van der Waals surface area contributed by atoms with Gasteiger partial charge >= 0.3 is 5.97 Å². The molecule has 2 aromatic heterocycles. The zero-order chi connectivity index (χ0) is 22.2. The summed E-state index contributed by atoms with van der Waals surface area (Å²) in [6.45, 7) is 4.83. The molecule has 2 unspecified atom stereocenters. The quantitative estimate of drug-likeness (QED) is 0.542. The summed E-state index contributed by atoms with van der Waals surface area (Å²) in [6, 6.07) is 7.18. The van der Waals surface area contributed by atoms with Crippen LogP contribution in [0.5, 0.6) is 0 Å². The summed E-state index contributed by atoms with van der Waals surface area (Å²) < 4.78 is 34.4. The number of carbonyl (C=O) groups excluding carboxylic acids is 1. The molecule has 0 radical (unpaired) electrons. The van der Waals surface area contributed by atoms with E-state index in [1.807, 2.05) is 13.8 Å². The fraction of sp³-hybridized carbons (Fsp3) is 0.381. The van der Waals surface area contributed by atoms with Gasteiger partial charge in [-0.25, -0.2) is 18.2 Å². The minimum atomic E-state index is -3.70. The lowest BCUT2D eigenvalue weighted by atomic mass is 9.94. The molecule has 1 saturated heterocycles. The van der Waals surface area contributed by atoms with Crippen LogP contribution in [0.15, 0.2) is 51.6 Å². The fourth-order valence-electron chi connectivity index (χ4n) is 3.92.